The van der Waals surface area contributed by atoms with Gasteiger partial charge in [0.2, 0.25) is 0 Å². The summed E-state index contributed by atoms with van der Waals surface area (Å²) in [6.45, 7) is -0.600. The molecule has 1 aromatic carbocycles. The van der Waals surface area contributed by atoms with E-state index in [4.69, 9.17) is 23.2 Å². The molecule has 1 amide bonds. The summed E-state index contributed by atoms with van der Waals surface area (Å²) in [5, 5.41) is 32.4. The van der Waals surface area contributed by atoms with Crippen molar-refractivity contribution in [3.63, 3.8) is 0 Å². The van der Waals surface area contributed by atoms with Crippen molar-refractivity contribution in [1.29, 1.82) is 0 Å². The second-order valence-electron chi connectivity index (χ2n) is 4.01. The molecule has 10 heteroatoms. The van der Waals surface area contributed by atoms with E-state index in [1.165, 1.54) is 12.1 Å². The number of nitro groups is 1. The smallest absolute Gasteiger partial charge is 0.283 e. The molecule has 3 N–H and O–H groups in total. The number of nitrogens with one attached hydrogen (secondary N) is 1. The molecule has 0 aromatic heterocycles. The number of hydrogen-bond acceptors (Lipinski definition) is 5. The number of alkyl halides is 2. The predicted molar refractivity (Wildman–Crippen MR) is 80.3 cm³/mol. The van der Waals surface area contributed by atoms with Gasteiger partial charge >= 0.3 is 0 Å². The number of benzene rings is 1. The quantitative estimate of drug-likeness (QED) is 0.381. The van der Waals surface area contributed by atoms with Gasteiger partial charge in [0, 0.05) is 6.07 Å². The van der Waals surface area contributed by atoms with Crippen LogP contribution in [0.4, 0.5) is 5.69 Å². The number of nitro benzene ring substituents is 1. The molecule has 1 aromatic rings. The second-order valence-corrected chi connectivity index (χ2v) is 5.96. The maximum atomic E-state index is 11.4. The van der Waals surface area contributed by atoms with E-state index in [1.54, 1.807) is 0 Å². The van der Waals surface area contributed by atoms with Crippen LogP contribution in [-0.4, -0.2) is 38.5 Å². The number of aliphatic hydroxyl groups is 2. The van der Waals surface area contributed by atoms with Crippen LogP contribution in [0.25, 0.3) is 0 Å². The van der Waals surface area contributed by atoms with E-state index in [-0.39, 0.29) is 15.7 Å². The van der Waals surface area contributed by atoms with Gasteiger partial charge in [-0.05, 0) is 27.6 Å². The number of hydrogen-bond donors (Lipinski definition) is 3. The van der Waals surface area contributed by atoms with E-state index < -0.39 is 34.4 Å². The Morgan fingerprint density at radius 3 is 2.57 bits per heavy atom. The molecule has 0 aliphatic rings. The highest BCUT2D eigenvalue weighted by Gasteiger charge is 2.26. The minimum Gasteiger partial charge on any atom is -0.394 e. The van der Waals surface area contributed by atoms with E-state index in [0.29, 0.717) is 0 Å². The average Bonchev–Trinajstić information content (AvgIpc) is 2.43. The molecular formula is C11H11BrCl2N2O5. The molecule has 0 aliphatic heterocycles. The topological polar surface area (TPSA) is 113 Å². The Hall–Kier alpha value is -0.930. The lowest BCUT2D eigenvalue weighted by molar-refractivity contribution is -0.385. The van der Waals surface area contributed by atoms with Crippen molar-refractivity contribution in [2.45, 2.75) is 17.0 Å². The molecule has 0 fully saturated rings. The van der Waals surface area contributed by atoms with Crippen LogP contribution in [0.1, 0.15) is 11.7 Å². The van der Waals surface area contributed by atoms with Crippen LogP contribution in [0.3, 0.4) is 0 Å². The van der Waals surface area contributed by atoms with E-state index in [2.05, 4.69) is 21.2 Å². The highest BCUT2D eigenvalue weighted by atomic mass is 79.9. The molecule has 0 aliphatic carbocycles. The van der Waals surface area contributed by atoms with Crippen molar-refractivity contribution >= 4 is 50.7 Å². The fourth-order valence-corrected chi connectivity index (χ4v) is 2.07. The monoisotopic (exact) mass is 400 g/mol. The molecule has 0 spiro atoms. The summed E-state index contributed by atoms with van der Waals surface area (Å²) in [4.78, 5) is 20.2. The van der Waals surface area contributed by atoms with Gasteiger partial charge in [-0.15, -0.1) is 0 Å². The van der Waals surface area contributed by atoms with Gasteiger partial charge in [-0.1, -0.05) is 29.3 Å². The first kappa shape index (κ1) is 18.1. The second kappa shape index (κ2) is 7.90. The van der Waals surface area contributed by atoms with Gasteiger partial charge in [-0.2, -0.15) is 0 Å². The molecule has 1 rings (SSSR count). The van der Waals surface area contributed by atoms with Crippen LogP contribution < -0.4 is 5.32 Å². The van der Waals surface area contributed by atoms with Crippen molar-refractivity contribution in [3.05, 3.63) is 38.3 Å². The lowest BCUT2D eigenvalue weighted by Gasteiger charge is -2.22. The van der Waals surface area contributed by atoms with Gasteiger partial charge in [-0.3, -0.25) is 14.9 Å². The van der Waals surface area contributed by atoms with Crippen molar-refractivity contribution in [2.24, 2.45) is 0 Å². The zero-order valence-corrected chi connectivity index (χ0v) is 13.5. The Morgan fingerprint density at radius 1 is 1.48 bits per heavy atom. The van der Waals surface area contributed by atoms with Gasteiger partial charge in [0.25, 0.3) is 11.6 Å². The third-order valence-corrected chi connectivity index (χ3v) is 3.68. The van der Waals surface area contributed by atoms with Gasteiger partial charge in [0.15, 0.2) is 4.84 Å². The molecule has 7 nitrogen and oxygen atoms in total. The van der Waals surface area contributed by atoms with E-state index in [1.807, 2.05) is 0 Å². The van der Waals surface area contributed by atoms with Crippen molar-refractivity contribution in [2.75, 3.05) is 6.61 Å². The number of rotatable bonds is 6. The van der Waals surface area contributed by atoms with Crippen LogP contribution in [0, 0.1) is 10.1 Å². The third kappa shape index (κ3) is 4.79. The Kier molecular flexibility index (Phi) is 6.82. The zero-order chi connectivity index (χ0) is 16.2. The number of nitrogens with zero attached hydrogens (tertiary/aromatic N) is 1. The van der Waals surface area contributed by atoms with E-state index in [9.17, 15) is 25.1 Å². The Morgan fingerprint density at radius 2 is 2.10 bits per heavy atom. The van der Waals surface area contributed by atoms with E-state index in [0.717, 1.165) is 6.07 Å². The summed E-state index contributed by atoms with van der Waals surface area (Å²) < 4.78 is 0.245. The summed E-state index contributed by atoms with van der Waals surface area (Å²) in [5.41, 5.74) is -0.0907. The summed E-state index contributed by atoms with van der Waals surface area (Å²) in [6.07, 6.45) is -1.36. The lowest BCUT2D eigenvalue weighted by atomic mass is 10.0. The fraction of sp³-hybridized carbons (Fsp3) is 0.364. The average molecular weight is 402 g/mol. The maximum Gasteiger partial charge on any atom is 0.283 e. The van der Waals surface area contributed by atoms with Crippen molar-refractivity contribution in [3.8, 4) is 0 Å². The maximum absolute atomic E-state index is 11.4. The molecular weight excluding hydrogens is 391 g/mol. The SMILES string of the molecule is O=C(NC(CO)C(O)c1ccc(Br)c([N+](=O)[O-])c1)C(Cl)Cl. The van der Waals surface area contributed by atoms with Crippen LogP contribution in [0.2, 0.25) is 0 Å². The Labute approximate surface area is 138 Å². The van der Waals surface area contributed by atoms with Gasteiger partial charge in [-0.25, -0.2) is 0 Å². The molecule has 0 bridgehead atoms. The standard InChI is InChI=1S/C11H11BrCl2N2O5/c12-6-2-1-5(3-8(6)16(20)21)9(18)7(4-17)15-11(19)10(13)14/h1-3,7,9-10,17-18H,4H2,(H,15,19). The van der Waals surface area contributed by atoms with Crippen LogP contribution >= 0.6 is 39.1 Å². The highest BCUT2D eigenvalue weighted by Crippen LogP contribution is 2.29. The first-order valence-corrected chi connectivity index (χ1v) is 7.25. The summed E-state index contributed by atoms with van der Waals surface area (Å²) in [5.74, 6) is -0.789. The van der Waals surface area contributed by atoms with Gasteiger partial charge in [0.05, 0.1) is 22.0 Å². The minimum absolute atomic E-state index is 0.157. The number of aliphatic hydroxyl groups excluding tert-OH is 2. The number of carbonyl (C=O) groups is 1. The highest BCUT2D eigenvalue weighted by molar-refractivity contribution is 9.10. The number of carbonyl (C=O) groups excluding carboxylic acids is 1. The number of halogens is 3. The van der Waals surface area contributed by atoms with Crippen LogP contribution in [0.15, 0.2) is 22.7 Å². The molecule has 0 radical (unpaired) electrons. The fourth-order valence-electron chi connectivity index (χ4n) is 1.56. The van der Waals surface area contributed by atoms with Gasteiger partial charge < -0.3 is 15.5 Å². The Balaban J connectivity index is 3.00. The largest absolute Gasteiger partial charge is 0.394 e. The van der Waals surface area contributed by atoms with Crippen LogP contribution in [0.5, 0.6) is 0 Å². The molecule has 2 unspecified atom stereocenters. The molecule has 116 valence electrons. The number of amides is 1. The lowest BCUT2D eigenvalue weighted by Crippen LogP contribution is -2.44. The molecule has 2 atom stereocenters. The summed E-state index contributed by atoms with van der Waals surface area (Å²) in [6, 6.07) is 2.86. The summed E-state index contributed by atoms with van der Waals surface area (Å²) in [7, 11) is 0. The molecule has 21 heavy (non-hydrogen) atoms. The first-order chi connectivity index (χ1) is 9.77. The van der Waals surface area contributed by atoms with Gasteiger partial charge in [0.1, 0.15) is 6.10 Å². The third-order valence-electron chi connectivity index (χ3n) is 2.61. The molecule has 0 heterocycles. The minimum atomic E-state index is -1.36. The normalized spacial score (nSPS) is 13.8. The van der Waals surface area contributed by atoms with E-state index >= 15 is 0 Å². The van der Waals surface area contributed by atoms with Crippen molar-refractivity contribution in [1.82, 2.24) is 5.32 Å². The molecule has 0 saturated carbocycles. The van der Waals surface area contributed by atoms with Crippen molar-refractivity contribution < 1.29 is 19.9 Å². The predicted octanol–water partition coefficient (Wildman–Crippen LogP) is 1.67. The molecule has 0 saturated heterocycles. The summed E-state index contributed by atoms with van der Waals surface area (Å²) >= 11 is 13.7. The zero-order valence-electron chi connectivity index (χ0n) is 10.4. The van der Waals surface area contributed by atoms with Crippen LogP contribution in [-0.2, 0) is 4.79 Å². The Bertz CT molecular complexity index is 543. The first-order valence-electron chi connectivity index (χ1n) is 5.59.